The Labute approximate surface area is 82.8 Å². The summed E-state index contributed by atoms with van der Waals surface area (Å²) in [6.07, 6.45) is 0. The number of hydrogen-bond donors (Lipinski definition) is 0. The predicted octanol–water partition coefficient (Wildman–Crippen LogP) is 2.23. The molecular formula is C12H12O2. The third-order valence-electron chi connectivity index (χ3n) is 2.38. The standard InChI is InChI=1S/C12H12O2/c1-8(2)10-7-14-12-9(10)5-3-4-6-11(12)13/h3-6H,7H2,1-2H3. The molecule has 1 aromatic carbocycles. The largest absolute Gasteiger partial charge is 0.484 e. The third-order valence-corrected chi connectivity index (χ3v) is 2.38. The van der Waals surface area contributed by atoms with Gasteiger partial charge in [0.15, 0.2) is 5.75 Å². The van der Waals surface area contributed by atoms with E-state index < -0.39 is 0 Å². The van der Waals surface area contributed by atoms with E-state index in [0.717, 1.165) is 11.1 Å². The molecule has 0 saturated carbocycles. The van der Waals surface area contributed by atoms with Crippen molar-refractivity contribution in [3.63, 3.8) is 0 Å². The average Bonchev–Trinajstić information content (AvgIpc) is 2.48. The van der Waals surface area contributed by atoms with Crippen molar-refractivity contribution >= 4 is 5.57 Å². The molecule has 2 nitrogen and oxygen atoms in total. The second-order valence-corrected chi connectivity index (χ2v) is 3.59. The van der Waals surface area contributed by atoms with Crippen molar-refractivity contribution in [3.05, 3.63) is 45.6 Å². The molecule has 0 atom stereocenters. The molecule has 0 aliphatic carbocycles. The summed E-state index contributed by atoms with van der Waals surface area (Å²) < 4.78 is 5.39. The van der Waals surface area contributed by atoms with E-state index in [1.54, 1.807) is 6.07 Å². The summed E-state index contributed by atoms with van der Waals surface area (Å²) in [4.78, 5) is 11.5. The summed E-state index contributed by atoms with van der Waals surface area (Å²) in [6.45, 7) is 4.59. The van der Waals surface area contributed by atoms with Gasteiger partial charge in [0, 0.05) is 5.56 Å². The van der Waals surface area contributed by atoms with Crippen LogP contribution in [0.4, 0.5) is 0 Å². The predicted molar refractivity (Wildman–Crippen MR) is 56.5 cm³/mol. The molecule has 72 valence electrons. The molecule has 0 bridgehead atoms. The van der Waals surface area contributed by atoms with Gasteiger partial charge in [-0.1, -0.05) is 23.8 Å². The Morgan fingerprint density at radius 1 is 1.29 bits per heavy atom. The molecule has 0 saturated heterocycles. The van der Waals surface area contributed by atoms with Gasteiger partial charge in [0.05, 0.1) is 0 Å². The normalized spacial score (nSPS) is 13.4. The minimum Gasteiger partial charge on any atom is -0.484 e. The van der Waals surface area contributed by atoms with Gasteiger partial charge in [-0.25, -0.2) is 0 Å². The van der Waals surface area contributed by atoms with Crippen LogP contribution in [0.1, 0.15) is 19.4 Å². The maximum absolute atomic E-state index is 11.5. The summed E-state index contributed by atoms with van der Waals surface area (Å²) in [5, 5.41) is 0. The van der Waals surface area contributed by atoms with E-state index in [1.165, 1.54) is 11.6 Å². The van der Waals surface area contributed by atoms with Crippen LogP contribution in [0.3, 0.4) is 0 Å². The van der Waals surface area contributed by atoms with E-state index in [1.807, 2.05) is 26.0 Å². The molecule has 0 unspecified atom stereocenters. The lowest BCUT2D eigenvalue weighted by atomic mass is 10.1. The van der Waals surface area contributed by atoms with E-state index >= 15 is 0 Å². The van der Waals surface area contributed by atoms with E-state index in [2.05, 4.69) is 0 Å². The van der Waals surface area contributed by atoms with E-state index in [-0.39, 0.29) is 5.43 Å². The Hall–Kier alpha value is -1.57. The molecule has 0 amide bonds. The molecular weight excluding hydrogens is 176 g/mol. The van der Waals surface area contributed by atoms with Gasteiger partial charge in [-0.15, -0.1) is 0 Å². The smallest absolute Gasteiger partial charge is 0.221 e. The SMILES string of the molecule is CC(C)=C1COc2c1ccccc2=O. The van der Waals surface area contributed by atoms with Crippen molar-refractivity contribution in [3.8, 4) is 5.75 Å². The number of ether oxygens (including phenoxy) is 1. The number of fused-ring (bicyclic) bond motifs is 1. The van der Waals surface area contributed by atoms with Crippen molar-refractivity contribution < 1.29 is 4.74 Å². The molecule has 2 rings (SSSR count). The molecule has 1 aliphatic rings. The average molecular weight is 188 g/mol. The highest BCUT2D eigenvalue weighted by Crippen LogP contribution is 2.31. The van der Waals surface area contributed by atoms with Gasteiger partial charge in [-0.2, -0.15) is 0 Å². The lowest BCUT2D eigenvalue weighted by molar-refractivity contribution is 0.385. The monoisotopic (exact) mass is 188 g/mol. The van der Waals surface area contributed by atoms with Crippen LogP contribution in [0, 0.1) is 0 Å². The maximum Gasteiger partial charge on any atom is 0.221 e. The van der Waals surface area contributed by atoms with Crippen LogP contribution in [0.25, 0.3) is 5.57 Å². The first-order chi connectivity index (χ1) is 6.70. The van der Waals surface area contributed by atoms with Crippen LogP contribution in [-0.2, 0) is 0 Å². The van der Waals surface area contributed by atoms with Gasteiger partial charge in [-0.3, -0.25) is 4.79 Å². The Balaban J connectivity index is 2.76. The zero-order chi connectivity index (χ0) is 10.1. The van der Waals surface area contributed by atoms with E-state index in [0.29, 0.717) is 12.4 Å². The number of rotatable bonds is 0. The minimum atomic E-state index is -0.0405. The summed E-state index contributed by atoms with van der Waals surface area (Å²) in [5.41, 5.74) is 3.24. The van der Waals surface area contributed by atoms with Gasteiger partial charge < -0.3 is 4.74 Å². The maximum atomic E-state index is 11.5. The van der Waals surface area contributed by atoms with Crippen LogP contribution in [-0.4, -0.2) is 6.61 Å². The molecule has 1 heterocycles. The molecule has 0 spiro atoms. The molecule has 1 aliphatic heterocycles. The molecule has 0 fully saturated rings. The molecule has 0 aromatic heterocycles. The summed E-state index contributed by atoms with van der Waals surface area (Å²) in [7, 11) is 0. The fraction of sp³-hybridized carbons (Fsp3) is 0.250. The third kappa shape index (κ3) is 1.33. The van der Waals surface area contributed by atoms with Crippen LogP contribution < -0.4 is 10.2 Å². The van der Waals surface area contributed by atoms with Crippen molar-refractivity contribution in [2.75, 3.05) is 6.61 Å². The number of hydrogen-bond acceptors (Lipinski definition) is 2. The molecule has 0 N–H and O–H groups in total. The zero-order valence-corrected chi connectivity index (χ0v) is 8.33. The van der Waals surface area contributed by atoms with Gasteiger partial charge in [0.1, 0.15) is 6.61 Å². The van der Waals surface area contributed by atoms with E-state index in [9.17, 15) is 4.79 Å². The van der Waals surface area contributed by atoms with Gasteiger partial charge in [-0.05, 0) is 25.5 Å². The molecule has 1 aromatic rings. The fourth-order valence-corrected chi connectivity index (χ4v) is 1.60. The second-order valence-electron chi connectivity index (χ2n) is 3.59. The number of allylic oxidation sites excluding steroid dienone is 1. The van der Waals surface area contributed by atoms with Crippen molar-refractivity contribution in [2.24, 2.45) is 0 Å². The Morgan fingerprint density at radius 2 is 2.00 bits per heavy atom. The Kier molecular flexibility index (Phi) is 2.12. The highest BCUT2D eigenvalue weighted by atomic mass is 16.5. The Morgan fingerprint density at radius 3 is 2.71 bits per heavy atom. The van der Waals surface area contributed by atoms with Crippen molar-refractivity contribution in [1.29, 1.82) is 0 Å². The van der Waals surface area contributed by atoms with Gasteiger partial charge >= 0.3 is 0 Å². The lowest BCUT2D eigenvalue weighted by Crippen LogP contribution is -1.99. The molecule has 2 heteroatoms. The minimum absolute atomic E-state index is 0.0405. The van der Waals surface area contributed by atoms with Crippen molar-refractivity contribution in [2.45, 2.75) is 13.8 Å². The topological polar surface area (TPSA) is 26.3 Å². The van der Waals surface area contributed by atoms with Gasteiger partial charge in [0.25, 0.3) is 0 Å². The van der Waals surface area contributed by atoms with Crippen molar-refractivity contribution in [1.82, 2.24) is 0 Å². The first-order valence-electron chi connectivity index (χ1n) is 4.63. The molecule has 14 heavy (non-hydrogen) atoms. The van der Waals surface area contributed by atoms with Crippen LogP contribution in [0.5, 0.6) is 5.75 Å². The molecule has 0 radical (unpaired) electrons. The van der Waals surface area contributed by atoms with Crippen LogP contribution in [0.2, 0.25) is 0 Å². The first-order valence-corrected chi connectivity index (χ1v) is 4.63. The van der Waals surface area contributed by atoms with Gasteiger partial charge in [0.2, 0.25) is 5.43 Å². The lowest BCUT2D eigenvalue weighted by Gasteiger charge is -1.96. The first kappa shape index (κ1) is 9.00. The summed E-state index contributed by atoms with van der Waals surface area (Å²) in [5.74, 6) is 0.492. The highest BCUT2D eigenvalue weighted by Gasteiger charge is 2.19. The second kappa shape index (κ2) is 3.29. The Bertz CT molecular complexity index is 454. The summed E-state index contributed by atoms with van der Waals surface area (Å²) in [6, 6.07) is 7.09. The summed E-state index contributed by atoms with van der Waals surface area (Å²) >= 11 is 0. The van der Waals surface area contributed by atoms with Crippen LogP contribution in [0.15, 0.2) is 34.6 Å². The zero-order valence-electron chi connectivity index (χ0n) is 8.33. The fourth-order valence-electron chi connectivity index (χ4n) is 1.60. The highest BCUT2D eigenvalue weighted by molar-refractivity contribution is 5.76. The van der Waals surface area contributed by atoms with E-state index in [4.69, 9.17) is 4.74 Å². The van der Waals surface area contributed by atoms with Crippen LogP contribution >= 0.6 is 0 Å². The quantitative estimate of drug-likeness (QED) is 0.624.